The molecule has 5 heteroatoms. The first-order valence-electron chi connectivity index (χ1n) is 7.61. The first-order valence-corrected chi connectivity index (χ1v) is 7.61. The summed E-state index contributed by atoms with van der Waals surface area (Å²) in [6.45, 7) is 4.84. The lowest BCUT2D eigenvalue weighted by Gasteiger charge is -2.16. The molecular formula is C18H19N5. The molecule has 0 saturated carbocycles. The van der Waals surface area contributed by atoms with E-state index < -0.39 is 0 Å². The number of rotatable bonds is 5. The fraction of sp³-hybridized carbons (Fsp3) is 0.222. The summed E-state index contributed by atoms with van der Waals surface area (Å²) >= 11 is 0. The van der Waals surface area contributed by atoms with Crippen LogP contribution in [0.3, 0.4) is 0 Å². The largest absolute Gasteiger partial charge is 0.304 e. The zero-order valence-electron chi connectivity index (χ0n) is 13.3. The molecule has 0 unspecified atom stereocenters. The summed E-state index contributed by atoms with van der Waals surface area (Å²) in [4.78, 5) is 17.5. The molecule has 23 heavy (non-hydrogen) atoms. The van der Waals surface area contributed by atoms with Crippen LogP contribution < -0.4 is 5.32 Å². The Morgan fingerprint density at radius 1 is 1.04 bits per heavy atom. The third kappa shape index (κ3) is 3.76. The maximum absolute atomic E-state index is 4.62. The van der Waals surface area contributed by atoms with Gasteiger partial charge >= 0.3 is 0 Å². The van der Waals surface area contributed by atoms with Gasteiger partial charge in [-0.3, -0.25) is 9.97 Å². The minimum atomic E-state index is 0.156. The second-order valence-electron chi connectivity index (χ2n) is 5.39. The SMILES string of the molecule is Cc1nc(-c2ccncc2)ncc1[C@@H](C)NCc1ccccn1. The van der Waals surface area contributed by atoms with Crippen LogP contribution in [-0.2, 0) is 6.54 Å². The first-order chi connectivity index (χ1) is 11.2. The number of aryl methyl sites for hydroxylation is 1. The van der Waals surface area contributed by atoms with Gasteiger partial charge in [-0.05, 0) is 38.1 Å². The Morgan fingerprint density at radius 3 is 2.57 bits per heavy atom. The number of hydrogen-bond donors (Lipinski definition) is 1. The highest BCUT2D eigenvalue weighted by Gasteiger charge is 2.11. The van der Waals surface area contributed by atoms with Crippen LogP contribution in [0.1, 0.15) is 29.9 Å². The molecule has 0 aliphatic carbocycles. The number of nitrogens with zero attached hydrogens (tertiary/aromatic N) is 4. The summed E-state index contributed by atoms with van der Waals surface area (Å²) in [5, 5.41) is 3.46. The molecule has 0 aliphatic rings. The maximum Gasteiger partial charge on any atom is 0.159 e. The van der Waals surface area contributed by atoms with E-state index in [1.807, 2.05) is 43.5 Å². The second-order valence-corrected chi connectivity index (χ2v) is 5.39. The van der Waals surface area contributed by atoms with E-state index in [1.165, 1.54) is 0 Å². The van der Waals surface area contributed by atoms with Crippen molar-refractivity contribution in [3.05, 3.63) is 72.1 Å². The highest BCUT2D eigenvalue weighted by atomic mass is 14.9. The Bertz CT molecular complexity index is 759. The lowest BCUT2D eigenvalue weighted by Crippen LogP contribution is -2.20. The van der Waals surface area contributed by atoms with Crippen LogP contribution in [0.15, 0.2) is 55.1 Å². The topological polar surface area (TPSA) is 63.6 Å². The first kappa shape index (κ1) is 15.2. The van der Waals surface area contributed by atoms with E-state index in [1.54, 1.807) is 18.6 Å². The molecule has 0 aliphatic heterocycles. The highest BCUT2D eigenvalue weighted by molar-refractivity contribution is 5.53. The zero-order chi connectivity index (χ0) is 16.1. The molecule has 3 aromatic heterocycles. The molecule has 0 aromatic carbocycles. The van der Waals surface area contributed by atoms with Crippen molar-refractivity contribution in [2.75, 3.05) is 0 Å². The molecule has 0 amide bonds. The van der Waals surface area contributed by atoms with E-state index in [0.29, 0.717) is 6.54 Å². The van der Waals surface area contributed by atoms with Crippen LogP contribution in [0.5, 0.6) is 0 Å². The summed E-state index contributed by atoms with van der Waals surface area (Å²) in [6.07, 6.45) is 7.20. The Balaban J connectivity index is 1.73. The van der Waals surface area contributed by atoms with Crippen molar-refractivity contribution in [2.45, 2.75) is 26.4 Å². The monoisotopic (exact) mass is 305 g/mol. The standard InChI is InChI=1S/C18H19N5/c1-13(21-11-16-5-3-4-8-20-16)17-12-22-18(23-14(17)2)15-6-9-19-10-7-15/h3-10,12-13,21H,11H2,1-2H3/t13-/m1/s1. The summed E-state index contributed by atoms with van der Waals surface area (Å²) < 4.78 is 0. The quantitative estimate of drug-likeness (QED) is 0.784. The van der Waals surface area contributed by atoms with Crippen LogP contribution in [-0.4, -0.2) is 19.9 Å². The molecule has 1 N–H and O–H groups in total. The minimum Gasteiger partial charge on any atom is -0.304 e. The van der Waals surface area contributed by atoms with E-state index in [9.17, 15) is 0 Å². The summed E-state index contributed by atoms with van der Waals surface area (Å²) in [5.74, 6) is 0.727. The highest BCUT2D eigenvalue weighted by Crippen LogP contribution is 2.19. The molecule has 3 rings (SSSR count). The van der Waals surface area contributed by atoms with Crippen LogP contribution in [0.2, 0.25) is 0 Å². The van der Waals surface area contributed by atoms with Crippen molar-refractivity contribution in [1.82, 2.24) is 25.3 Å². The summed E-state index contributed by atoms with van der Waals surface area (Å²) in [7, 11) is 0. The van der Waals surface area contributed by atoms with E-state index in [-0.39, 0.29) is 6.04 Å². The molecule has 0 bridgehead atoms. The smallest absolute Gasteiger partial charge is 0.159 e. The molecule has 3 aromatic rings. The molecule has 116 valence electrons. The molecule has 3 heterocycles. The van der Waals surface area contributed by atoms with Crippen LogP contribution >= 0.6 is 0 Å². The van der Waals surface area contributed by atoms with Crippen molar-refractivity contribution >= 4 is 0 Å². The van der Waals surface area contributed by atoms with Gasteiger partial charge in [0.05, 0.1) is 5.69 Å². The second kappa shape index (κ2) is 7.07. The third-order valence-electron chi connectivity index (χ3n) is 3.74. The predicted molar refractivity (Wildman–Crippen MR) is 89.5 cm³/mol. The molecule has 0 radical (unpaired) electrons. The van der Waals surface area contributed by atoms with E-state index in [2.05, 4.69) is 32.2 Å². The van der Waals surface area contributed by atoms with E-state index in [0.717, 1.165) is 28.3 Å². The number of pyridine rings is 2. The minimum absolute atomic E-state index is 0.156. The average Bonchev–Trinajstić information content (AvgIpc) is 2.61. The fourth-order valence-corrected chi connectivity index (χ4v) is 2.41. The lowest BCUT2D eigenvalue weighted by molar-refractivity contribution is 0.561. The molecule has 0 fully saturated rings. The van der Waals surface area contributed by atoms with Crippen LogP contribution in [0.25, 0.3) is 11.4 Å². The van der Waals surface area contributed by atoms with Gasteiger partial charge in [0.15, 0.2) is 5.82 Å². The molecule has 5 nitrogen and oxygen atoms in total. The van der Waals surface area contributed by atoms with Gasteiger partial charge in [-0.1, -0.05) is 6.07 Å². The van der Waals surface area contributed by atoms with Gasteiger partial charge in [0.2, 0.25) is 0 Å². The van der Waals surface area contributed by atoms with Crippen molar-refractivity contribution in [3.63, 3.8) is 0 Å². The molecule has 0 spiro atoms. The van der Waals surface area contributed by atoms with Crippen LogP contribution in [0.4, 0.5) is 0 Å². The van der Waals surface area contributed by atoms with Gasteiger partial charge in [-0.25, -0.2) is 9.97 Å². The normalized spacial score (nSPS) is 12.1. The lowest BCUT2D eigenvalue weighted by atomic mass is 10.1. The molecular weight excluding hydrogens is 286 g/mol. The van der Waals surface area contributed by atoms with E-state index >= 15 is 0 Å². The average molecular weight is 305 g/mol. The van der Waals surface area contributed by atoms with Gasteiger partial charge < -0.3 is 5.32 Å². The Hall–Kier alpha value is -2.66. The third-order valence-corrected chi connectivity index (χ3v) is 3.74. The number of nitrogens with one attached hydrogen (secondary N) is 1. The maximum atomic E-state index is 4.62. The Kier molecular flexibility index (Phi) is 4.68. The molecule has 0 saturated heterocycles. The van der Waals surface area contributed by atoms with Crippen molar-refractivity contribution < 1.29 is 0 Å². The van der Waals surface area contributed by atoms with Gasteiger partial charge in [0.25, 0.3) is 0 Å². The Morgan fingerprint density at radius 2 is 1.87 bits per heavy atom. The zero-order valence-corrected chi connectivity index (χ0v) is 13.3. The van der Waals surface area contributed by atoms with E-state index in [4.69, 9.17) is 0 Å². The Labute approximate surface area is 135 Å². The van der Waals surface area contributed by atoms with Gasteiger partial charge in [0.1, 0.15) is 0 Å². The van der Waals surface area contributed by atoms with Crippen molar-refractivity contribution in [3.8, 4) is 11.4 Å². The fourth-order valence-electron chi connectivity index (χ4n) is 2.41. The predicted octanol–water partition coefficient (Wildman–Crippen LogP) is 3.09. The van der Waals surface area contributed by atoms with Gasteiger partial charge in [0, 0.05) is 54.2 Å². The van der Waals surface area contributed by atoms with Gasteiger partial charge in [-0.2, -0.15) is 0 Å². The van der Waals surface area contributed by atoms with Crippen molar-refractivity contribution in [2.24, 2.45) is 0 Å². The summed E-state index contributed by atoms with van der Waals surface area (Å²) in [6, 6.07) is 9.91. The summed E-state index contributed by atoms with van der Waals surface area (Å²) in [5.41, 5.74) is 4.07. The van der Waals surface area contributed by atoms with Gasteiger partial charge in [-0.15, -0.1) is 0 Å². The van der Waals surface area contributed by atoms with Crippen LogP contribution in [0, 0.1) is 6.92 Å². The number of aromatic nitrogens is 4. The molecule has 1 atom stereocenters. The van der Waals surface area contributed by atoms with Crippen molar-refractivity contribution in [1.29, 1.82) is 0 Å². The number of hydrogen-bond acceptors (Lipinski definition) is 5.